The molecule has 1 aromatic heterocycles. The minimum atomic E-state index is -0.325. The Labute approximate surface area is 207 Å². The van der Waals surface area contributed by atoms with E-state index in [0.717, 1.165) is 16.6 Å². The van der Waals surface area contributed by atoms with Crippen LogP contribution in [-0.2, 0) is 17.9 Å². The molecule has 7 nitrogen and oxygen atoms in total. The number of halogens is 1. The zero-order chi connectivity index (χ0) is 24.4. The van der Waals surface area contributed by atoms with Crippen molar-refractivity contribution in [1.82, 2.24) is 4.57 Å². The lowest BCUT2D eigenvalue weighted by molar-refractivity contribution is -0.116. The average Bonchev–Trinajstić information content (AvgIpc) is 2.86. The second-order valence-corrected chi connectivity index (χ2v) is 8.83. The highest BCUT2D eigenvalue weighted by atomic mass is 35.5. The van der Waals surface area contributed by atoms with Crippen LogP contribution in [0, 0.1) is 6.92 Å². The van der Waals surface area contributed by atoms with Crippen LogP contribution >= 0.6 is 11.6 Å². The van der Waals surface area contributed by atoms with E-state index in [1.807, 2.05) is 43.3 Å². The summed E-state index contributed by atoms with van der Waals surface area (Å²) in [6.07, 6.45) is 0. The van der Waals surface area contributed by atoms with Crippen molar-refractivity contribution in [3.05, 3.63) is 93.2 Å². The highest BCUT2D eigenvalue weighted by Gasteiger charge is 2.18. The van der Waals surface area contributed by atoms with Gasteiger partial charge < -0.3 is 20.1 Å². The van der Waals surface area contributed by atoms with E-state index < -0.39 is 0 Å². The number of nitrogens with one attached hydrogen (secondary N) is 2. The van der Waals surface area contributed by atoms with Crippen LogP contribution in [0.5, 0.6) is 11.5 Å². The predicted molar refractivity (Wildman–Crippen MR) is 138 cm³/mol. The molecular formula is C27H24ClN3O4. The number of hydrogen-bond donors (Lipinski definition) is 2. The number of carbonyl (C=O) groups excluding carboxylic acids is 1. The fourth-order valence-electron chi connectivity index (χ4n) is 4.01. The molecule has 0 aliphatic carbocycles. The van der Waals surface area contributed by atoms with E-state index >= 15 is 0 Å². The van der Waals surface area contributed by atoms with Crippen molar-refractivity contribution < 1.29 is 14.3 Å². The molecule has 0 saturated heterocycles. The molecule has 0 spiro atoms. The lowest BCUT2D eigenvalue weighted by Crippen LogP contribution is -2.31. The highest BCUT2D eigenvalue weighted by molar-refractivity contribution is 6.30. The Morgan fingerprint density at radius 3 is 2.31 bits per heavy atom. The van der Waals surface area contributed by atoms with Crippen molar-refractivity contribution in [2.45, 2.75) is 20.0 Å². The molecule has 178 valence electrons. The number of anilines is 2. The van der Waals surface area contributed by atoms with Gasteiger partial charge in [0.15, 0.2) is 11.5 Å². The van der Waals surface area contributed by atoms with Gasteiger partial charge in [-0.1, -0.05) is 29.3 Å². The normalized spacial score (nSPS) is 12.4. The predicted octanol–water partition coefficient (Wildman–Crippen LogP) is 4.99. The molecule has 0 atom stereocenters. The van der Waals surface area contributed by atoms with Gasteiger partial charge in [0, 0.05) is 40.0 Å². The summed E-state index contributed by atoms with van der Waals surface area (Å²) in [5.41, 5.74) is 3.55. The van der Waals surface area contributed by atoms with Gasteiger partial charge in [0.1, 0.15) is 19.8 Å². The van der Waals surface area contributed by atoms with Gasteiger partial charge in [-0.3, -0.25) is 14.2 Å². The number of nitrogens with zero attached hydrogens (tertiary/aromatic N) is 1. The summed E-state index contributed by atoms with van der Waals surface area (Å²) in [7, 11) is 0. The minimum absolute atomic E-state index is 0.157. The molecule has 1 aliphatic rings. The zero-order valence-corrected chi connectivity index (χ0v) is 19.9. The molecule has 1 aliphatic heterocycles. The number of aryl methyl sites for hydroxylation is 1. The summed E-state index contributed by atoms with van der Waals surface area (Å²) >= 11 is 5.94. The van der Waals surface area contributed by atoms with Gasteiger partial charge in [-0.2, -0.15) is 0 Å². The molecule has 8 heteroatoms. The first-order chi connectivity index (χ1) is 17.0. The zero-order valence-electron chi connectivity index (χ0n) is 19.1. The third-order valence-electron chi connectivity index (χ3n) is 5.80. The third-order valence-corrected chi connectivity index (χ3v) is 6.05. The summed E-state index contributed by atoms with van der Waals surface area (Å²) in [4.78, 5) is 26.4. The van der Waals surface area contributed by atoms with Gasteiger partial charge in [0.2, 0.25) is 5.91 Å². The topological polar surface area (TPSA) is 81.6 Å². The first-order valence-electron chi connectivity index (χ1n) is 11.3. The quantitative estimate of drug-likeness (QED) is 0.399. The Bertz CT molecular complexity index is 1450. The number of pyridine rings is 1. The summed E-state index contributed by atoms with van der Waals surface area (Å²) in [5, 5.41) is 7.49. The number of amides is 1. The van der Waals surface area contributed by atoms with E-state index in [4.69, 9.17) is 21.1 Å². The van der Waals surface area contributed by atoms with Gasteiger partial charge in [-0.15, -0.1) is 0 Å². The lowest BCUT2D eigenvalue weighted by atomic mass is 10.1. The van der Waals surface area contributed by atoms with Crippen molar-refractivity contribution in [3.8, 4) is 11.5 Å². The van der Waals surface area contributed by atoms with Crippen LogP contribution in [0.25, 0.3) is 10.9 Å². The molecule has 2 heterocycles. The standard InChI is InChI=1S/C27H24ClN3O4/c1-17-2-6-21(7-3-17)29-15-19-12-18-13-24-25(35-11-10-34-24)14-23(18)31(27(19)33)16-26(32)30-22-8-4-20(28)5-9-22/h2-9,12-14,29H,10-11,15-16H2,1H3,(H,30,32). The number of carbonyl (C=O) groups is 1. The Hall–Kier alpha value is -3.97. The van der Waals surface area contributed by atoms with Crippen molar-refractivity contribution in [2.75, 3.05) is 23.8 Å². The van der Waals surface area contributed by atoms with E-state index in [1.165, 1.54) is 4.57 Å². The molecule has 0 saturated carbocycles. The fourth-order valence-corrected chi connectivity index (χ4v) is 4.13. The summed E-state index contributed by atoms with van der Waals surface area (Å²) in [6, 6.07) is 20.2. The first kappa shape index (κ1) is 22.8. The van der Waals surface area contributed by atoms with E-state index in [0.29, 0.717) is 53.0 Å². The van der Waals surface area contributed by atoms with Crippen LogP contribution in [0.4, 0.5) is 11.4 Å². The fraction of sp³-hybridized carbons (Fsp3) is 0.185. The van der Waals surface area contributed by atoms with Crippen molar-refractivity contribution in [3.63, 3.8) is 0 Å². The smallest absolute Gasteiger partial charge is 0.256 e. The molecule has 0 fully saturated rings. The van der Waals surface area contributed by atoms with Crippen molar-refractivity contribution in [2.24, 2.45) is 0 Å². The maximum absolute atomic E-state index is 13.5. The van der Waals surface area contributed by atoms with Gasteiger partial charge in [0.05, 0.1) is 5.52 Å². The number of rotatable bonds is 6. The van der Waals surface area contributed by atoms with Crippen molar-refractivity contribution in [1.29, 1.82) is 0 Å². The van der Waals surface area contributed by atoms with Gasteiger partial charge in [-0.05, 0) is 55.5 Å². The van der Waals surface area contributed by atoms with Gasteiger partial charge in [-0.25, -0.2) is 0 Å². The molecule has 0 unspecified atom stereocenters. The van der Waals surface area contributed by atoms with E-state index in [1.54, 1.807) is 30.3 Å². The molecule has 5 rings (SSSR count). The molecular weight excluding hydrogens is 466 g/mol. The number of hydrogen-bond acceptors (Lipinski definition) is 5. The monoisotopic (exact) mass is 489 g/mol. The average molecular weight is 490 g/mol. The summed E-state index contributed by atoms with van der Waals surface area (Å²) in [5.74, 6) is 0.854. The minimum Gasteiger partial charge on any atom is -0.486 e. The van der Waals surface area contributed by atoms with E-state index in [9.17, 15) is 9.59 Å². The Morgan fingerprint density at radius 1 is 0.943 bits per heavy atom. The van der Waals surface area contributed by atoms with Gasteiger partial charge >= 0.3 is 0 Å². The third kappa shape index (κ3) is 5.10. The first-order valence-corrected chi connectivity index (χ1v) is 11.7. The number of ether oxygens (including phenoxy) is 2. The van der Waals surface area contributed by atoms with Gasteiger partial charge in [0.25, 0.3) is 5.56 Å². The summed E-state index contributed by atoms with van der Waals surface area (Å²) in [6.45, 7) is 3.07. The van der Waals surface area contributed by atoms with Crippen molar-refractivity contribution >= 4 is 39.8 Å². The van der Waals surface area contributed by atoms with Crippen LogP contribution < -0.4 is 25.7 Å². The molecule has 4 aromatic rings. The SMILES string of the molecule is Cc1ccc(NCc2cc3cc4c(cc3n(CC(=O)Nc3ccc(Cl)cc3)c2=O)OCCO4)cc1. The van der Waals surface area contributed by atoms with Crippen LogP contribution in [0.2, 0.25) is 5.02 Å². The van der Waals surface area contributed by atoms with E-state index in [-0.39, 0.29) is 18.0 Å². The lowest BCUT2D eigenvalue weighted by Gasteiger charge is -2.21. The molecule has 35 heavy (non-hydrogen) atoms. The van der Waals surface area contributed by atoms with Crippen LogP contribution in [0.15, 0.2) is 71.5 Å². The van der Waals surface area contributed by atoms with Crippen LogP contribution in [-0.4, -0.2) is 23.7 Å². The Kier molecular flexibility index (Phi) is 6.33. The highest BCUT2D eigenvalue weighted by Crippen LogP contribution is 2.34. The maximum atomic E-state index is 13.5. The van der Waals surface area contributed by atoms with Crippen LogP contribution in [0.3, 0.4) is 0 Å². The molecule has 3 aromatic carbocycles. The maximum Gasteiger partial charge on any atom is 0.256 e. The Balaban J connectivity index is 1.50. The molecule has 0 bridgehead atoms. The number of benzene rings is 3. The number of aromatic nitrogens is 1. The second kappa shape index (κ2) is 9.72. The molecule has 2 N–H and O–H groups in total. The molecule has 1 amide bonds. The Morgan fingerprint density at radius 2 is 1.60 bits per heavy atom. The largest absolute Gasteiger partial charge is 0.486 e. The summed E-state index contributed by atoms with van der Waals surface area (Å²) < 4.78 is 12.9. The van der Waals surface area contributed by atoms with Crippen LogP contribution in [0.1, 0.15) is 11.1 Å². The second-order valence-electron chi connectivity index (χ2n) is 8.39. The molecule has 0 radical (unpaired) electrons. The van der Waals surface area contributed by atoms with E-state index in [2.05, 4.69) is 10.6 Å². The number of fused-ring (bicyclic) bond motifs is 2.